The maximum absolute atomic E-state index is 13.0. The molecule has 0 saturated carbocycles. The van der Waals surface area contributed by atoms with Gasteiger partial charge in [0.1, 0.15) is 23.1 Å². The van der Waals surface area contributed by atoms with E-state index in [0.717, 1.165) is 10.6 Å². The number of carbonyl (C=O) groups excluding carboxylic acids is 1. The molecule has 2 aliphatic rings. The smallest absolute Gasteiger partial charge is 0.406 e. The Labute approximate surface area is 171 Å². The lowest BCUT2D eigenvalue weighted by molar-refractivity contribution is -0.149. The molecule has 6 atom stereocenters. The minimum atomic E-state index is -3.92. The van der Waals surface area contributed by atoms with Gasteiger partial charge in [0.15, 0.2) is 6.23 Å². The number of carbonyl (C=O) groups is 1. The van der Waals surface area contributed by atoms with E-state index in [4.69, 9.17) is 30.1 Å². The number of alkyl halides is 1. The van der Waals surface area contributed by atoms with Crippen molar-refractivity contribution in [2.75, 3.05) is 6.61 Å². The molecule has 2 saturated heterocycles. The number of aromatic nitrogens is 2. The van der Waals surface area contributed by atoms with Gasteiger partial charge < -0.3 is 9.47 Å². The van der Waals surface area contributed by atoms with Crippen LogP contribution in [0.5, 0.6) is 0 Å². The van der Waals surface area contributed by atoms with Crippen molar-refractivity contribution in [3.8, 4) is 0 Å². The van der Waals surface area contributed by atoms with E-state index in [1.54, 1.807) is 20.8 Å². The number of hydrogen-bond donors (Lipinski definition) is 2. The number of esters is 1. The zero-order valence-electron chi connectivity index (χ0n) is 16.3. The van der Waals surface area contributed by atoms with Gasteiger partial charge in [-0.1, -0.05) is 0 Å². The molecular weight excluding hydrogens is 429 g/mol. The molecule has 3 rings (SSSR count). The van der Waals surface area contributed by atoms with E-state index in [9.17, 15) is 18.9 Å². The Morgan fingerprint density at radius 1 is 1.45 bits per heavy atom. The first-order valence-corrected chi connectivity index (χ1v) is 10.9. The van der Waals surface area contributed by atoms with E-state index < -0.39 is 54.3 Å². The van der Waals surface area contributed by atoms with Crippen LogP contribution in [0, 0.1) is 0 Å². The van der Waals surface area contributed by atoms with E-state index in [0.29, 0.717) is 0 Å². The van der Waals surface area contributed by atoms with Gasteiger partial charge in [0.2, 0.25) is 0 Å². The Bertz CT molecular complexity index is 945. The second-order valence-corrected chi connectivity index (χ2v) is 9.89. The quantitative estimate of drug-likeness (QED) is 0.379. The van der Waals surface area contributed by atoms with E-state index >= 15 is 0 Å². The van der Waals surface area contributed by atoms with Crippen LogP contribution in [-0.2, 0) is 27.9 Å². The molecule has 1 aromatic heterocycles. The van der Waals surface area contributed by atoms with Crippen LogP contribution in [0.2, 0.25) is 0 Å². The van der Waals surface area contributed by atoms with E-state index in [1.807, 2.05) is 0 Å². The number of halogens is 1. The van der Waals surface area contributed by atoms with Crippen LogP contribution in [-0.4, -0.2) is 51.4 Å². The number of fused-ring (bicyclic) bond motifs is 1. The standard InChI is InChI=1S/C16H23ClN3O8P/c1-8(2)26-13(22)9(3)19-29(24)25-7-10-12(28-29)16(4,17)14(27-10)20-6-5-11(21)18-15(20)23/h5-6,8-10,12,14H,7H2,1-4H3,(H,19,24)(H,18,21,23)/t9-,10-,12-,14-,16-,29?/m1/s1. The Morgan fingerprint density at radius 2 is 2.14 bits per heavy atom. The highest BCUT2D eigenvalue weighted by Gasteiger charge is 2.60. The van der Waals surface area contributed by atoms with Gasteiger partial charge in [0.25, 0.3) is 5.56 Å². The van der Waals surface area contributed by atoms with Crippen molar-refractivity contribution in [2.24, 2.45) is 0 Å². The van der Waals surface area contributed by atoms with Crippen molar-refractivity contribution in [1.82, 2.24) is 14.6 Å². The Kier molecular flexibility index (Phi) is 6.11. The van der Waals surface area contributed by atoms with Crippen LogP contribution >= 0.6 is 19.3 Å². The number of nitrogens with zero attached hydrogens (tertiary/aromatic N) is 1. The molecule has 0 aliphatic carbocycles. The second kappa shape index (κ2) is 7.98. The lowest BCUT2D eigenvalue weighted by Crippen LogP contribution is -2.47. The highest BCUT2D eigenvalue weighted by molar-refractivity contribution is 7.51. The van der Waals surface area contributed by atoms with Crippen LogP contribution in [0.1, 0.15) is 33.9 Å². The summed E-state index contributed by atoms with van der Waals surface area (Å²) in [5.74, 6) is -0.612. The van der Waals surface area contributed by atoms with Gasteiger partial charge in [-0.25, -0.2) is 14.4 Å². The molecule has 1 aromatic rings. The van der Waals surface area contributed by atoms with Crippen LogP contribution < -0.4 is 16.3 Å². The van der Waals surface area contributed by atoms with Crippen LogP contribution in [0.4, 0.5) is 0 Å². The van der Waals surface area contributed by atoms with Crippen LogP contribution in [0.3, 0.4) is 0 Å². The van der Waals surface area contributed by atoms with Crippen molar-refractivity contribution in [1.29, 1.82) is 0 Å². The largest absolute Gasteiger partial charge is 0.462 e. The first-order valence-electron chi connectivity index (χ1n) is 9.00. The molecule has 2 N–H and O–H groups in total. The Balaban J connectivity index is 1.79. The summed E-state index contributed by atoms with van der Waals surface area (Å²) >= 11 is 6.65. The summed E-state index contributed by atoms with van der Waals surface area (Å²) in [5, 5.41) is 2.53. The average Bonchev–Trinajstić information content (AvgIpc) is 2.85. The Hall–Kier alpha value is -1.49. The first-order chi connectivity index (χ1) is 13.4. The molecule has 0 bridgehead atoms. The fourth-order valence-corrected chi connectivity index (χ4v) is 5.34. The number of nitrogens with one attached hydrogen (secondary N) is 2. The Morgan fingerprint density at radius 3 is 2.76 bits per heavy atom. The molecule has 0 amide bonds. The lowest BCUT2D eigenvalue weighted by atomic mass is 10.0. The van der Waals surface area contributed by atoms with Gasteiger partial charge in [-0.3, -0.25) is 28.2 Å². The van der Waals surface area contributed by atoms with E-state index in [1.165, 1.54) is 13.1 Å². The summed E-state index contributed by atoms with van der Waals surface area (Å²) in [6.45, 7) is 6.28. The number of rotatable bonds is 5. The SMILES string of the molecule is CC(C)OC(=O)[C@@H](C)NP1(=O)OC[C@H]2O[C@@H](n3ccc(=O)[nH]c3=O)[C@](C)(Cl)[C@@H]2O1. The number of hydrogen-bond acceptors (Lipinski definition) is 8. The van der Waals surface area contributed by atoms with Crippen LogP contribution in [0.25, 0.3) is 0 Å². The normalized spacial score (nSPS) is 35.3. The molecular formula is C16H23ClN3O8P. The van der Waals surface area contributed by atoms with E-state index in [2.05, 4.69) is 10.1 Å². The summed E-state index contributed by atoms with van der Waals surface area (Å²) in [4.78, 5) is 36.2. The highest BCUT2D eigenvalue weighted by Crippen LogP contribution is 2.57. The van der Waals surface area contributed by atoms with Gasteiger partial charge in [-0.15, -0.1) is 11.6 Å². The number of H-pyrrole nitrogens is 1. The van der Waals surface area contributed by atoms with Gasteiger partial charge in [0.05, 0.1) is 12.7 Å². The summed E-state index contributed by atoms with van der Waals surface area (Å²) in [5.41, 5.74) is -1.27. The van der Waals surface area contributed by atoms with Crippen molar-refractivity contribution in [2.45, 2.75) is 63.2 Å². The second-order valence-electron chi connectivity index (χ2n) is 7.35. The zero-order valence-corrected chi connectivity index (χ0v) is 17.9. The molecule has 1 unspecified atom stereocenters. The van der Waals surface area contributed by atoms with Crippen molar-refractivity contribution < 1.29 is 27.9 Å². The molecule has 162 valence electrons. The third-order valence-electron chi connectivity index (χ3n) is 4.50. The minimum Gasteiger partial charge on any atom is -0.462 e. The maximum Gasteiger partial charge on any atom is 0.406 e. The number of ether oxygens (including phenoxy) is 2. The number of aromatic amines is 1. The minimum absolute atomic E-state index is 0.141. The summed E-state index contributed by atoms with van der Waals surface area (Å²) in [7, 11) is -3.92. The fourth-order valence-electron chi connectivity index (χ4n) is 3.16. The maximum atomic E-state index is 13.0. The molecule has 0 radical (unpaired) electrons. The van der Waals surface area contributed by atoms with Gasteiger partial charge in [0, 0.05) is 12.3 Å². The average molecular weight is 452 g/mol. The predicted molar refractivity (Wildman–Crippen MR) is 102 cm³/mol. The molecule has 0 aromatic carbocycles. The van der Waals surface area contributed by atoms with Gasteiger partial charge >= 0.3 is 19.4 Å². The molecule has 2 aliphatic heterocycles. The van der Waals surface area contributed by atoms with Crippen LogP contribution in [0.15, 0.2) is 21.9 Å². The van der Waals surface area contributed by atoms with Gasteiger partial charge in [-0.05, 0) is 27.7 Å². The molecule has 2 fully saturated rings. The summed E-state index contributed by atoms with van der Waals surface area (Å²) in [6, 6.07) is 0.201. The molecule has 11 nitrogen and oxygen atoms in total. The molecule has 29 heavy (non-hydrogen) atoms. The predicted octanol–water partition coefficient (Wildman–Crippen LogP) is 0.885. The topological polar surface area (TPSA) is 138 Å². The first kappa shape index (κ1) is 22.2. The molecule has 13 heteroatoms. The van der Waals surface area contributed by atoms with Crippen molar-refractivity contribution in [3.05, 3.63) is 33.1 Å². The fraction of sp³-hybridized carbons (Fsp3) is 0.688. The van der Waals surface area contributed by atoms with Crippen molar-refractivity contribution in [3.63, 3.8) is 0 Å². The molecule has 3 heterocycles. The zero-order chi connectivity index (χ0) is 21.6. The van der Waals surface area contributed by atoms with Crippen molar-refractivity contribution >= 4 is 25.3 Å². The monoisotopic (exact) mass is 451 g/mol. The summed E-state index contributed by atoms with van der Waals surface area (Å²) in [6.07, 6.45) is -1.73. The highest BCUT2D eigenvalue weighted by atomic mass is 35.5. The van der Waals surface area contributed by atoms with E-state index in [-0.39, 0.29) is 12.7 Å². The third-order valence-corrected chi connectivity index (χ3v) is 6.60. The third kappa shape index (κ3) is 4.50. The molecule has 0 spiro atoms. The summed E-state index contributed by atoms with van der Waals surface area (Å²) < 4.78 is 36.0. The lowest BCUT2D eigenvalue weighted by Gasteiger charge is -2.36. The van der Waals surface area contributed by atoms with Gasteiger partial charge in [-0.2, -0.15) is 0 Å².